The fourth-order valence-electron chi connectivity index (χ4n) is 2.11. The van der Waals surface area contributed by atoms with Crippen LogP contribution in [0, 0.1) is 0 Å². The number of rotatable bonds is 1. The third kappa shape index (κ3) is 2.53. The Labute approximate surface area is 124 Å². The Morgan fingerprint density at radius 3 is 2.33 bits per heavy atom. The van der Waals surface area contributed by atoms with Crippen LogP contribution in [0.4, 0.5) is 0 Å². The van der Waals surface area contributed by atoms with Gasteiger partial charge in [0.25, 0.3) is 0 Å². The van der Waals surface area contributed by atoms with Gasteiger partial charge in [0.2, 0.25) is 0 Å². The van der Waals surface area contributed by atoms with E-state index in [1.54, 1.807) is 0 Å². The summed E-state index contributed by atoms with van der Waals surface area (Å²) in [6.45, 7) is 0. The maximum atomic E-state index is 2.24. The maximum absolute atomic E-state index is 2.24. The summed E-state index contributed by atoms with van der Waals surface area (Å²) in [5, 5.41) is 2.55. The van der Waals surface area contributed by atoms with Gasteiger partial charge in [-0.3, -0.25) is 0 Å². The second kappa shape index (κ2) is 5.48. The number of hydrogen-bond donors (Lipinski definition) is 0. The van der Waals surface area contributed by atoms with Gasteiger partial charge >= 0.3 is 0 Å². The first kappa shape index (κ1) is 13.0. The van der Waals surface area contributed by atoms with Crippen LogP contribution in [0.3, 0.4) is 0 Å². The molecule has 2 aromatic carbocycles. The maximum Gasteiger partial charge on any atom is 0.176 e. The fraction of sp³-hybridized carbons (Fsp3) is 0.0625. The second-order valence-electron chi connectivity index (χ2n) is 4.32. The molecular formula is C16H14IN. The molecule has 0 aliphatic rings. The summed E-state index contributed by atoms with van der Waals surface area (Å²) in [4.78, 5) is 0. The molecule has 0 saturated heterocycles. The van der Waals surface area contributed by atoms with Crippen molar-refractivity contribution in [2.75, 3.05) is 0 Å². The number of halogens is 1. The van der Waals surface area contributed by atoms with Crippen LogP contribution in [-0.2, 0) is 7.05 Å². The van der Waals surface area contributed by atoms with Crippen molar-refractivity contribution in [3.05, 3.63) is 67.0 Å². The largest absolute Gasteiger partial charge is 1.00 e. The lowest BCUT2D eigenvalue weighted by molar-refractivity contribution is -0.670. The Kier molecular flexibility index (Phi) is 3.97. The molecule has 3 aromatic rings. The first-order valence-electron chi connectivity index (χ1n) is 5.77. The Hall–Kier alpha value is -1.42. The van der Waals surface area contributed by atoms with Crippen molar-refractivity contribution >= 4 is 10.8 Å². The third-order valence-corrected chi connectivity index (χ3v) is 3.03. The highest BCUT2D eigenvalue weighted by Gasteiger charge is 2.01. The average Bonchev–Trinajstić information content (AvgIpc) is 2.39. The zero-order chi connectivity index (χ0) is 11.7. The molecule has 2 heteroatoms. The molecule has 0 spiro atoms. The lowest BCUT2D eigenvalue weighted by atomic mass is 10.0. The minimum absolute atomic E-state index is 0. The van der Waals surface area contributed by atoms with E-state index < -0.39 is 0 Å². The van der Waals surface area contributed by atoms with Gasteiger partial charge in [0.05, 0.1) is 0 Å². The smallest absolute Gasteiger partial charge is 0.176 e. The number of nitrogens with zero attached hydrogens (tertiary/aromatic N) is 1. The first-order chi connectivity index (χ1) is 8.33. The van der Waals surface area contributed by atoms with Crippen molar-refractivity contribution in [3.63, 3.8) is 0 Å². The lowest BCUT2D eigenvalue weighted by Gasteiger charge is -2.02. The molecule has 0 amide bonds. The third-order valence-electron chi connectivity index (χ3n) is 3.03. The fourth-order valence-corrected chi connectivity index (χ4v) is 2.11. The van der Waals surface area contributed by atoms with Crippen molar-refractivity contribution in [2.24, 2.45) is 7.05 Å². The van der Waals surface area contributed by atoms with Gasteiger partial charge in [-0.05, 0) is 28.6 Å². The average molecular weight is 347 g/mol. The first-order valence-corrected chi connectivity index (χ1v) is 5.77. The molecule has 0 N–H and O–H groups in total. The van der Waals surface area contributed by atoms with Gasteiger partial charge in [0.15, 0.2) is 12.4 Å². The van der Waals surface area contributed by atoms with E-state index in [2.05, 4.69) is 65.5 Å². The Morgan fingerprint density at radius 2 is 1.56 bits per heavy atom. The summed E-state index contributed by atoms with van der Waals surface area (Å²) in [6.07, 6.45) is 4.22. The Morgan fingerprint density at radius 1 is 0.778 bits per heavy atom. The van der Waals surface area contributed by atoms with Crippen LogP contribution in [0.15, 0.2) is 67.0 Å². The minimum Gasteiger partial charge on any atom is -1.00 e. The van der Waals surface area contributed by atoms with E-state index in [4.69, 9.17) is 0 Å². The van der Waals surface area contributed by atoms with Gasteiger partial charge in [-0.2, -0.15) is 0 Å². The van der Waals surface area contributed by atoms with Crippen LogP contribution in [0.2, 0.25) is 0 Å². The van der Waals surface area contributed by atoms with Crippen molar-refractivity contribution in [3.8, 4) is 11.1 Å². The van der Waals surface area contributed by atoms with Crippen molar-refractivity contribution < 1.29 is 28.5 Å². The molecule has 90 valence electrons. The number of aryl methyl sites for hydroxylation is 1. The standard InChI is InChI=1S/C16H14N.HI/c1-17-10-9-15-11-14(7-8-16(15)12-17)13-5-3-2-4-6-13;/h2-12H,1H3;1H/q+1;/p-1. The number of hydrogen-bond acceptors (Lipinski definition) is 0. The molecule has 0 saturated carbocycles. The van der Waals surface area contributed by atoms with Crippen molar-refractivity contribution in [1.29, 1.82) is 0 Å². The van der Waals surface area contributed by atoms with Crippen LogP contribution in [-0.4, -0.2) is 0 Å². The van der Waals surface area contributed by atoms with Gasteiger partial charge in [-0.25, -0.2) is 4.57 Å². The monoisotopic (exact) mass is 347 g/mol. The topological polar surface area (TPSA) is 3.88 Å². The van der Waals surface area contributed by atoms with Crippen LogP contribution in [0.1, 0.15) is 0 Å². The van der Waals surface area contributed by atoms with E-state index in [1.165, 1.54) is 21.9 Å². The van der Waals surface area contributed by atoms with Crippen LogP contribution >= 0.6 is 0 Å². The molecule has 1 heterocycles. The second-order valence-corrected chi connectivity index (χ2v) is 4.32. The van der Waals surface area contributed by atoms with E-state index in [0.717, 1.165) is 0 Å². The molecule has 1 nitrogen and oxygen atoms in total. The molecule has 0 bridgehead atoms. The van der Waals surface area contributed by atoms with Crippen molar-refractivity contribution in [2.45, 2.75) is 0 Å². The molecule has 0 unspecified atom stereocenters. The zero-order valence-electron chi connectivity index (χ0n) is 10.2. The highest BCUT2D eigenvalue weighted by molar-refractivity contribution is 5.86. The molecule has 3 rings (SSSR count). The predicted molar refractivity (Wildman–Crippen MR) is 70.6 cm³/mol. The number of fused-ring (bicyclic) bond motifs is 1. The summed E-state index contributed by atoms with van der Waals surface area (Å²) in [5.41, 5.74) is 2.54. The molecular weight excluding hydrogens is 333 g/mol. The van der Waals surface area contributed by atoms with E-state index in [0.29, 0.717) is 0 Å². The summed E-state index contributed by atoms with van der Waals surface area (Å²) in [5.74, 6) is 0. The minimum atomic E-state index is 0. The predicted octanol–water partition coefficient (Wildman–Crippen LogP) is 0.335. The number of benzene rings is 2. The number of pyridine rings is 1. The molecule has 18 heavy (non-hydrogen) atoms. The summed E-state index contributed by atoms with van der Waals surface area (Å²) in [7, 11) is 2.05. The number of aromatic nitrogens is 1. The van der Waals surface area contributed by atoms with E-state index in [-0.39, 0.29) is 24.0 Å². The van der Waals surface area contributed by atoms with E-state index in [9.17, 15) is 0 Å². The van der Waals surface area contributed by atoms with Gasteiger partial charge in [0.1, 0.15) is 7.05 Å². The van der Waals surface area contributed by atoms with E-state index in [1.807, 2.05) is 13.1 Å². The van der Waals surface area contributed by atoms with Crippen molar-refractivity contribution in [1.82, 2.24) is 0 Å². The van der Waals surface area contributed by atoms with Gasteiger partial charge in [-0.1, -0.05) is 36.4 Å². The summed E-state index contributed by atoms with van der Waals surface area (Å²) < 4.78 is 2.07. The van der Waals surface area contributed by atoms with Gasteiger partial charge in [0, 0.05) is 11.5 Å². The summed E-state index contributed by atoms with van der Waals surface area (Å²) >= 11 is 0. The molecule has 0 aliphatic heterocycles. The molecule has 0 radical (unpaired) electrons. The summed E-state index contributed by atoms with van der Waals surface area (Å²) in [6, 6.07) is 19.2. The highest BCUT2D eigenvalue weighted by Crippen LogP contribution is 2.23. The zero-order valence-corrected chi connectivity index (χ0v) is 12.3. The molecule has 1 aromatic heterocycles. The van der Waals surface area contributed by atoms with Crippen LogP contribution in [0.5, 0.6) is 0 Å². The Bertz CT molecular complexity index is 662. The SMILES string of the molecule is C[n+]1ccc2cc(-c3ccccc3)ccc2c1.[I-]. The van der Waals surface area contributed by atoms with E-state index >= 15 is 0 Å². The molecule has 0 aliphatic carbocycles. The Balaban J connectivity index is 0.00000120. The quantitative estimate of drug-likeness (QED) is 0.442. The molecule has 0 atom stereocenters. The normalized spacial score (nSPS) is 10.1. The lowest BCUT2D eigenvalue weighted by Crippen LogP contribution is -3.00. The van der Waals surface area contributed by atoms with Gasteiger partial charge in [-0.15, -0.1) is 0 Å². The van der Waals surface area contributed by atoms with Crippen LogP contribution < -0.4 is 28.5 Å². The van der Waals surface area contributed by atoms with Crippen LogP contribution in [0.25, 0.3) is 21.9 Å². The molecule has 0 fully saturated rings. The van der Waals surface area contributed by atoms with Gasteiger partial charge < -0.3 is 24.0 Å². The highest BCUT2D eigenvalue weighted by atomic mass is 127.